The van der Waals surface area contributed by atoms with E-state index in [4.69, 9.17) is 15.5 Å². The Hall–Kier alpha value is -6.35. The second kappa shape index (κ2) is 19.8. The summed E-state index contributed by atoms with van der Waals surface area (Å²) in [5.41, 5.74) is 15.1. The first-order valence-corrected chi connectivity index (χ1v) is 25.3. The molecule has 73 heavy (non-hydrogen) atoms. The van der Waals surface area contributed by atoms with Crippen LogP contribution in [0.3, 0.4) is 0 Å². The summed E-state index contributed by atoms with van der Waals surface area (Å²) in [6.07, 6.45) is 1.83. The van der Waals surface area contributed by atoms with Crippen molar-refractivity contribution in [1.82, 2.24) is 14.5 Å². The molecule has 9 aromatic rings. The number of benzene rings is 7. The molecular formula is C68H72N3OPt-. The molecule has 0 unspecified atom stereocenters. The van der Waals surface area contributed by atoms with Gasteiger partial charge in [-0.1, -0.05) is 217 Å². The largest absolute Gasteiger partial charge is 0.507 e. The van der Waals surface area contributed by atoms with Crippen LogP contribution in [0, 0.1) is 12.9 Å². The van der Waals surface area contributed by atoms with Crippen LogP contribution < -0.4 is 0 Å². The summed E-state index contributed by atoms with van der Waals surface area (Å²) in [7, 11) is 0. The van der Waals surface area contributed by atoms with E-state index in [1.54, 1.807) is 0 Å². The molecule has 5 heteroatoms. The molecule has 0 spiro atoms. The van der Waals surface area contributed by atoms with Gasteiger partial charge in [0, 0.05) is 49.6 Å². The fourth-order valence-electron chi connectivity index (χ4n) is 9.73. The average molecular weight is 1150 g/mol. The first-order chi connectivity index (χ1) is 35.4. The van der Waals surface area contributed by atoms with E-state index < -0.39 is 23.6 Å². The van der Waals surface area contributed by atoms with E-state index in [0.717, 1.165) is 83.5 Å². The van der Waals surface area contributed by atoms with E-state index in [9.17, 15) is 5.11 Å². The van der Waals surface area contributed by atoms with Crippen LogP contribution in [0.2, 0.25) is 0 Å². The zero-order valence-corrected chi connectivity index (χ0v) is 47.3. The van der Waals surface area contributed by atoms with Gasteiger partial charge in [0.1, 0.15) is 11.6 Å². The molecule has 7 aromatic carbocycles. The first kappa shape index (κ1) is 47.6. The van der Waals surface area contributed by atoms with Crippen LogP contribution in [0.5, 0.6) is 5.75 Å². The Morgan fingerprint density at radius 3 is 1.79 bits per heavy atom. The molecule has 2 aromatic heterocycles. The predicted molar refractivity (Wildman–Crippen MR) is 306 cm³/mol. The minimum Gasteiger partial charge on any atom is -0.507 e. The molecule has 0 saturated heterocycles. The van der Waals surface area contributed by atoms with Crippen LogP contribution in [-0.4, -0.2) is 19.6 Å². The van der Waals surface area contributed by atoms with Crippen LogP contribution in [0.25, 0.3) is 83.9 Å². The van der Waals surface area contributed by atoms with E-state index >= 15 is 0 Å². The van der Waals surface area contributed by atoms with Crippen molar-refractivity contribution in [3.63, 3.8) is 0 Å². The standard InChI is InChI=1S/C68H72N3O.Pt/c1-42(2)44-24-26-46(27-25-44)48-32-33-69-59(38-48)51-36-49(45-20-17-16-18-21-45)35-50(37-51)54-22-19-23-60-62(54)70-64(56-39-53(66(7,8)9)40-58(63(56)72)68(13,14)15)71(60)61-34-43(3)57(67(10,11)12)41-55(61)47-28-30-52(31-29-47)65(4,5)6;/h16-36,38-42,72H,1-15H3;/q-1;/i3D3,42D;. The van der Waals surface area contributed by atoms with Gasteiger partial charge < -0.3 is 5.11 Å². The maximum absolute atomic E-state index is 12.8. The van der Waals surface area contributed by atoms with Crippen molar-refractivity contribution in [3.05, 3.63) is 191 Å². The van der Waals surface area contributed by atoms with Crippen molar-refractivity contribution in [2.75, 3.05) is 0 Å². The minimum absolute atomic E-state index is 0. The van der Waals surface area contributed by atoms with Crippen LogP contribution in [-0.2, 0) is 42.7 Å². The van der Waals surface area contributed by atoms with Crippen molar-refractivity contribution in [2.45, 2.75) is 131 Å². The Kier molecular flexibility index (Phi) is 12.9. The van der Waals surface area contributed by atoms with Gasteiger partial charge in [-0.05, 0) is 115 Å². The number of hydrogen-bond acceptors (Lipinski definition) is 3. The van der Waals surface area contributed by atoms with Gasteiger partial charge in [0.05, 0.1) is 22.3 Å². The molecule has 0 aliphatic heterocycles. The number of pyridine rings is 1. The third kappa shape index (κ3) is 10.7. The number of phenols is 1. The topological polar surface area (TPSA) is 50.9 Å². The Morgan fingerprint density at radius 2 is 1.18 bits per heavy atom. The predicted octanol–water partition coefficient (Wildman–Crippen LogP) is 18.5. The van der Waals surface area contributed by atoms with Gasteiger partial charge in [0.15, 0.2) is 0 Å². The molecule has 0 aliphatic rings. The average Bonchev–Trinajstić information content (AvgIpc) is 3.90. The summed E-state index contributed by atoms with van der Waals surface area (Å²) in [5.74, 6) is -0.103. The van der Waals surface area contributed by atoms with Gasteiger partial charge in [-0.15, -0.1) is 23.8 Å². The summed E-state index contributed by atoms with van der Waals surface area (Å²) >= 11 is 0. The molecule has 0 fully saturated rings. The molecule has 376 valence electrons. The second-order valence-corrected chi connectivity index (χ2v) is 23.9. The smallest absolute Gasteiger partial charge is 0.148 e. The zero-order valence-electron chi connectivity index (χ0n) is 49.0. The summed E-state index contributed by atoms with van der Waals surface area (Å²) in [5, 5.41) is 12.8. The van der Waals surface area contributed by atoms with Gasteiger partial charge in [-0.3, -0.25) is 9.55 Å². The number of aryl methyl sites for hydroxylation is 1. The molecule has 0 saturated carbocycles. The molecule has 0 atom stereocenters. The maximum atomic E-state index is 12.8. The molecule has 0 bridgehead atoms. The monoisotopic (exact) mass is 1150 g/mol. The Morgan fingerprint density at radius 1 is 0.548 bits per heavy atom. The minimum atomic E-state index is -2.46. The number of fused-ring (bicyclic) bond motifs is 1. The number of aromatic nitrogens is 3. The number of phenolic OH excluding ortho intramolecular Hbond substituents is 1. The SMILES string of the molecule is [2H]C([2H])([2H])c1cc(-n2c(-c3cc(C(C)(C)C)cc(C(C)(C)C)c3O)nc3c(-c4[c-]c(-c5cc(-c6ccc(C([2H])(C)C)cc6)ccn5)cc(-c5ccccc5)c4)cccc32)c(-c2ccc(C(C)(C)C)cc2)cc1C(C)(C)C.[Pt]. The second-order valence-electron chi connectivity index (χ2n) is 23.9. The van der Waals surface area contributed by atoms with Crippen molar-refractivity contribution in [1.29, 1.82) is 0 Å². The van der Waals surface area contributed by atoms with Gasteiger partial charge in [0.25, 0.3) is 0 Å². The van der Waals surface area contributed by atoms with Crippen LogP contribution in [0.4, 0.5) is 0 Å². The maximum Gasteiger partial charge on any atom is 0.148 e. The summed E-state index contributed by atoms with van der Waals surface area (Å²) in [4.78, 5) is 10.6. The van der Waals surface area contributed by atoms with E-state index in [-0.39, 0.29) is 43.2 Å². The van der Waals surface area contributed by atoms with E-state index in [2.05, 4.69) is 185 Å². The van der Waals surface area contributed by atoms with Crippen molar-refractivity contribution in [3.8, 4) is 78.6 Å². The fraction of sp³-hybridized carbons (Fsp3) is 0.294. The van der Waals surface area contributed by atoms with Crippen molar-refractivity contribution in [2.24, 2.45) is 0 Å². The number of hydrogen-bond donors (Lipinski definition) is 1. The van der Waals surface area contributed by atoms with E-state index in [1.807, 2.05) is 74.6 Å². The third-order valence-corrected chi connectivity index (χ3v) is 14.1. The molecule has 0 radical (unpaired) electrons. The van der Waals surface area contributed by atoms with Crippen LogP contribution in [0.15, 0.2) is 152 Å². The van der Waals surface area contributed by atoms with Gasteiger partial charge in [0.2, 0.25) is 0 Å². The normalized spacial score (nSPS) is 13.5. The van der Waals surface area contributed by atoms with Gasteiger partial charge >= 0.3 is 0 Å². The van der Waals surface area contributed by atoms with Gasteiger partial charge in [-0.2, -0.15) is 0 Å². The number of imidazole rings is 1. The van der Waals surface area contributed by atoms with Crippen molar-refractivity contribution >= 4 is 11.0 Å². The number of nitrogens with zero attached hydrogens (tertiary/aromatic N) is 3. The molecule has 0 amide bonds. The Balaban J connectivity index is 0.00000784. The molecule has 0 aliphatic carbocycles. The quantitative estimate of drug-likeness (QED) is 0.154. The number of rotatable bonds is 8. The van der Waals surface area contributed by atoms with E-state index in [1.165, 1.54) is 5.56 Å². The van der Waals surface area contributed by atoms with Gasteiger partial charge in [-0.25, -0.2) is 4.98 Å². The summed E-state index contributed by atoms with van der Waals surface area (Å²) in [6.45, 7) is 27.0. The molecule has 1 N–H and O–H groups in total. The van der Waals surface area contributed by atoms with Crippen molar-refractivity contribution < 1.29 is 31.7 Å². The van der Waals surface area contributed by atoms with Crippen LogP contribution in [0.1, 0.15) is 142 Å². The molecule has 4 nitrogen and oxygen atoms in total. The summed E-state index contributed by atoms with van der Waals surface area (Å²) in [6, 6.07) is 53.6. The third-order valence-electron chi connectivity index (χ3n) is 14.1. The van der Waals surface area contributed by atoms with Crippen LogP contribution >= 0.6 is 0 Å². The molecule has 2 heterocycles. The number of para-hydroxylation sites is 1. The first-order valence-electron chi connectivity index (χ1n) is 27.3. The fourth-order valence-corrected chi connectivity index (χ4v) is 9.73. The molecule has 9 rings (SSSR count). The summed E-state index contributed by atoms with van der Waals surface area (Å²) < 4.78 is 37.9. The molecular weight excluding hydrogens is 1070 g/mol. The Labute approximate surface area is 455 Å². The number of aromatic hydroxyl groups is 1. The Bertz CT molecular complexity index is 3630. The van der Waals surface area contributed by atoms with E-state index in [0.29, 0.717) is 22.6 Å². The zero-order chi connectivity index (χ0) is 55.1.